The van der Waals surface area contributed by atoms with E-state index in [1.165, 1.54) is 64.6 Å². The molecule has 0 aromatic rings. The van der Waals surface area contributed by atoms with Crippen LogP contribution in [0.1, 0.15) is 44.9 Å². The Balaban J connectivity index is 0.00000128. The van der Waals surface area contributed by atoms with E-state index in [1.807, 2.05) is 0 Å². The van der Waals surface area contributed by atoms with E-state index in [0.29, 0.717) is 0 Å². The zero-order chi connectivity index (χ0) is 10.5. The van der Waals surface area contributed by atoms with Gasteiger partial charge in [-0.15, -0.1) is 12.4 Å². The fourth-order valence-corrected chi connectivity index (χ4v) is 3.15. The van der Waals surface area contributed by atoms with Gasteiger partial charge in [-0.3, -0.25) is 0 Å². The second-order valence-corrected chi connectivity index (χ2v) is 5.39. The van der Waals surface area contributed by atoms with Crippen molar-refractivity contribution in [3.05, 3.63) is 0 Å². The molecule has 0 aromatic carbocycles. The van der Waals surface area contributed by atoms with Crippen LogP contribution >= 0.6 is 12.4 Å². The van der Waals surface area contributed by atoms with Crippen molar-refractivity contribution in [1.82, 2.24) is 10.2 Å². The van der Waals surface area contributed by atoms with Gasteiger partial charge in [0.05, 0.1) is 0 Å². The number of rotatable bonds is 3. The van der Waals surface area contributed by atoms with Gasteiger partial charge in [0.1, 0.15) is 0 Å². The Bertz CT molecular complexity index is 179. The molecule has 0 radical (unpaired) electrons. The van der Waals surface area contributed by atoms with Crippen LogP contribution in [0.25, 0.3) is 0 Å². The number of hydrogen-bond donors (Lipinski definition) is 1. The molecular formula is C13H27ClN2. The van der Waals surface area contributed by atoms with E-state index in [-0.39, 0.29) is 12.4 Å². The largest absolute Gasteiger partial charge is 0.316 e. The molecule has 1 unspecified atom stereocenters. The molecule has 1 saturated heterocycles. The second-order valence-electron chi connectivity index (χ2n) is 5.39. The van der Waals surface area contributed by atoms with Crippen molar-refractivity contribution < 1.29 is 0 Å². The van der Waals surface area contributed by atoms with Gasteiger partial charge in [-0.1, -0.05) is 25.7 Å². The third-order valence-corrected chi connectivity index (χ3v) is 4.17. The topological polar surface area (TPSA) is 15.3 Å². The highest BCUT2D eigenvalue weighted by molar-refractivity contribution is 5.85. The molecule has 96 valence electrons. The summed E-state index contributed by atoms with van der Waals surface area (Å²) in [5.41, 5.74) is 0. The molecule has 1 atom stereocenters. The molecule has 0 amide bonds. The van der Waals surface area contributed by atoms with Crippen LogP contribution in [-0.4, -0.2) is 37.6 Å². The van der Waals surface area contributed by atoms with Gasteiger partial charge < -0.3 is 10.2 Å². The summed E-state index contributed by atoms with van der Waals surface area (Å²) in [5.74, 6) is 1.00. The molecule has 3 heteroatoms. The minimum atomic E-state index is 0. The van der Waals surface area contributed by atoms with Gasteiger partial charge in [0.2, 0.25) is 0 Å². The summed E-state index contributed by atoms with van der Waals surface area (Å²) >= 11 is 0. The van der Waals surface area contributed by atoms with Crippen molar-refractivity contribution in [1.29, 1.82) is 0 Å². The van der Waals surface area contributed by atoms with Crippen LogP contribution in [0.15, 0.2) is 0 Å². The Morgan fingerprint density at radius 3 is 2.31 bits per heavy atom. The van der Waals surface area contributed by atoms with Gasteiger partial charge >= 0.3 is 0 Å². The van der Waals surface area contributed by atoms with Crippen molar-refractivity contribution in [2.75, 3.05) is 26.7 Å². The highest BCUT2D eigenvalue weighted by Crippen LogP contribution is 2.24. The number of nitrogens with one attached hydrogen (secondary N) is 1. The lowest BCUT2D eigenvalue weighted by Crippen LogP contribution is -2.32. The minimum absolute atomic E-state index is 0. The van der Waals surface area contributed by atoms with Gasteiger partial charge in [-0.2, -0.15) is 0 Å². The number of nitrogens with zero attached hydrogens (tertiary/aromatic N) is 1. The zero-order valence-electron chi connectivity index (χ0n) is 10.6. The monoisotopic (exact) mass is 246 g/mol. The van der Waals surface area contributed by atoms with Crippen molar-refractivity contribution in [2.24, 2.45) is 5.92 Å². The molecule has 0 bridgehead atoms. The zero-order valence-corrected chi connectivity index (χ0v) is 11.4. The van der Waals surface area contributed by atoms with E-state index in [9.17, 15) is 0 Å². The fourth-order valence-electron chi connectivity index (χ4n) is 3.15. The molecule has 2 nitrogen and oxygen atoms in total. The minimum Gasteiger partial charge on any atom is -0.316 e. The number of halogens is 1. The SMILES string of the molecule is CNC1CCN(CC2CCCCCC2)C1.Cl. The molecule has 16 heavy (non-hydrogen) atoms. The smallest absolute Gasteiger partial charge is 0.0204 e. The van der Waals surface area contributed by atoms with Gasteiger partial charge in [0.25, 0.3) is 0 Å². The lowest BCUT2D eigenvalue weighted by atomic mass is 10.00. The van der Waals surface area contributed by atoms with Crippen LogP contribution in [0.5, 0.6) is 0 Å². The van der Waals surface area contributed by atoms with Crippen LogP contribution in [0.4, 0.5) is 0 Å². The van der Waals surface area contributed by atoms with Gasteiger partial charge in [0.15, 0.2) is 0 Å². The molecular weight excluding hydrogens is 220 g/mol. The van der Waals surface area contributed by atoms with Crippen molar-refractivity contribution in [3.8, 4) is 0 Å². The Morgan fingerprint density at radius 2 is 1.75 bits per heavy atom. The Kier molecular flexibility index (Phi) is 6.71. The predicted molar refractivity (Wildman–Crippen MR) is 72.3 cm³/mol. The summed E-state index contributed by atoms with van der Waals surface area (Å²) in [6.07, 6.45) is 10.2. The first kappa shape index (κ1) is 14.3. The van der Waals surface area contributed by atoms with Gasteiger partial charge in [-0.05, 0) is 38.8 Å². The Morgan fingerprint density at radius 1 is 1.06 bits per heavy atom. The third kappa shape index (κ3) is 4.23. The maximum atomic E-state index is 3.40. The average Bonchev–Trinajstić information content (AvgIpc) is 2.54. The summed E-state index contributed by atoms with van der Waals surface area (Å²) in [7, 11) is 2.10. The highest BCUT2D eigenvalue weighted by atomic mass is 35.5. The Hall–Kier alpha value is 0.210. The normalized spacial score (nSPS) is 28.7. The van der Waals surface area contributed by atoms with E-state index in [4.69, 9.17) is 0 Å². The molecule has 1 N–H and O–H groups in total. The van der Waals surface area contributed by atoms with Crippen molar-refractivity contribution in [3.63, 3.8) is 0 Å². The molecule has 1 saturated carbocycles. The highest BCUT2D eigenvalue weighted by Gasteiger charge is 2.23. The first-order valence-corrected chi connectivity index (χ1v) is 6.78. The molecule has 1 heterocycles. The van der Waals surface area contributed by atoms with Crippen LogP contribution in [0.2, 0.25) is 0 Å². The van der Waals surface area contributed by atoms with Gasteiger partial charge in [0, 0.05) is 19.1 Å². The summed E-state index contributed by atoms with van der Waals surface area (Å²) in [6, 6.07) is 0.760. The first-order chi connectivity index (χ1) is 7.38. The summed E-state index contributed by atoms with van der Waals surface area (Å²) in [5, 5.41) is 3.40. The fraction of sp³-hybridized carbons (Fsp3) is 1.00. The van der Waals surface area contributed by atoms with Crippen molar-refractivity contribution in [2.45, 2.75) is 51.0 Å². The number of hydrogen-bond acceptors (Lipinski definition) is 2. The molecule has 2 aliphatic rings. The van der Waals surface area contributed by atoms with Crippen LogP contribution in [0, 0.1) is 5.92 Å². The van der Waals surface area contributed by atoms with E-state index < -0.39 is 0 Å². The molecule has 1 aliphatic heterocycles. The van der Waals surface area contributed by atoms with Crippen LogP contribution < -0.4 is 5.32 Å². The van der Waals surface area contributed by atoms with Crippen LogP contribution in [0.3, 0.4) is 0 Å². The van der Waals surface area contributed by atoms with E-state index in [0.717, 1.165) is 12.0 Å². The van der Waals surface area contributed by atoms with Gasteiger partial charge in [-0.25, -0.2) is 0 Å². The maximum Gasteiger partial charge on any atom is 0.0204 e. The average molecular weight is 247 g/mol. The Labute approximate surface area is 107 Å². The molecule has 0 spiro atoms. The maximum absolute atomic E-state index is 3.40. The lowest BCUT2D eigenvalue weighted by Gasteiger charge is -2.22. The lowest BCUT2D eigenvalue weighted by molar-refractivity contribution is 0.256. The predicted octanol–water partition coefficient (Wildman–Crippen LogP) is 2.67. The summed E-state index contributed by atoms with van der Waals surface area (Å²) in [6.45, 7) is 3.98. The van der Waals surface area contributed by atoms with Crippen LogP contribution in [-0.2, 0) is 0 Å². The molecule has 0 aromatic heterocycles. The van der Waals surface area contributed by atoms with E-state index in [2.05, 4.69) is 17.3 Å². The summed E-state index contributed by atoms with van der Waals surface area (Å²) in [4.78, 5) is 2.68. The third-order valence-electron chi connectivity index (χ3n) is 4.17. The van der Waals surface area contributed by atoms with E-state index >= 15 is 0 Å². The molecule has 1 aliphatic carbocycles. The molecule has 2 fully saturated rings. The number of likely N-dealkylation sites (tertiary alicyclic amines) is 1. The summed E-state index contributed by atoms with van der Waals surface area (Å²) < 4.78 is 0. The van der Waals surface area contributed by atoms with E-state index in [1.54, 1.807) is 0 Å². The first-order valence-electron chi connectivity index (χ1n) is 6.78. The second kappa shape index (κ2) is 7.52. The van der Waals surface area contributed by atoms with Crippen molar-refractivity contribution >= 4 is 12.4 Å². The quantitative estimate of drug-likeness (QED) is 0.771. The number of likely N-dealkylation sites (N-methyl/N-ethyl adjacent to an activating group) is 1. The standard InChI is InChI=1S/C13H26N2.ClH/c1-14-13-8-9-15(11-13)10-12-6-4-2-3-5-7-12;/h12-14H,2-11H2,1H3;1H. The molecule has 2 rings (SSSR count).